The zero-order valence-electron chi connectivity index (χ0n) is 50.0. The number of aromatic hydroxyl groups is 1. The molecule has 0 saturated carbocycles. The zero-order valence-corrected chi connectivity index (χ0v) is 52.3. The predicted octanol–water partition coefficient (Wildman–Crippen LogP) is 10.3. The number of ketones is 1. The van der Waals surface area contributed by atoms with Crippen molar-refractivity contribution in [3.8, 4) is 22.9 Å². The molecular formula is C63H69Cl2N7O14S. The summed E-state index contributed by atoms with van der Waals surface area (Å²) in [6.45, 7) is 17.7. The minimum Gasteiger partial charge on any atom is -0.493 e. The van der Waals surface area contributed by atoms with Crippen molar-refractivity contribution < 1.29 is 61.7 Å². The van der Waals surface area contributed by atoms with Crippen LogP contribution in [-0.2, 0) is 77.2 Å². The Morgan fingerprint density at radius 2 is 1.40 bits per heavy atom. The van der Waals surface area contributed by atoms with Gasteiger partial charge in [0.1, 0.15) is 22.9 Å². The molecule has 2 N–H and O–H groups in total. The molecule has 6 heterocycles. The second kappa shape index (κ2) is 28.4. The van der Waals surface area contributed by atoms with Crippen molar-refractivity contribution in [3.63, 3.8) is 0 Å². The van der Waals surface area contributed by atoms with Gasteiger partial charge in [0.15, 0.2) is 32.6 Å². The first-order valence-corrected chi connectivity index (χ1v) is 30.6. The van der Waals surface area contributed by atoms with Gasteiger partial charge in [0.25, 0.3) is 5.56 Å². The van der Waals surface area contributed by atoms with Gasteiger partial charge in [-0.1, -0.05) is 126 Å². The second-order valence-electron chi connectivity index (χ2n) is 21.3. The number of carboxylic acid groups (broad SMARTS) is 1. The van der Waals surface area contributed by atoms with Gasteiger partial charge in [0, 0.05) is 42.0 Å². The molecule has 24 heteroatoms. The number of carbonyl (C=O) groups excluding carboxylic acids is 3. The van der Waals surface area contributed by atoms with Crippen molar-refractivity contribution >= 4 is 68.2 Å². The summed E-state index contributed by atoms with van der Waals surface area (Å²) in [5.41, 5.74) is 6.90. The number of pyridine rings is 1. The number of carboxylic acids is 1. The van der Waals surface area contributed by atoms with Gasteiger partial charge >= 0.3 is 17.9 Å². The highest BCUT2D eigenvalue weighted by Gasteiger charge is 2.45. The van der Waals surface area contributed by atoms with Crippen LogP contribution < -0.4 is 10.3 Å². The average Bonchev–Trinajstić information content (AvgIpc) is 1.87. The molecule has 87 heavy (non-hydrogen) atoms. The molecular weight excluding hydrogens is 1180 g/mol. The summed E-state index contributed by atoms with van der Waals surface area (Å²) in [6, 6.07) is 29.5. The van der Waals surface area contributed by atoms with Crippen LogP contribution in [0.3, 0.4) is 0 Å². The Balaban J connectivity index is 0.000000173. The normalized spacial score (nSPS) is 14.1. The average molecular weight is 1250 g/mol. The monoisotopic (exact) mass is 1250 g/mol. The fourth-order valence-electron chi connectivity index (χ4n) is 9.83. The molecule has 10 rings (SSSR count). The van der Waals surface area contributed by atoms with Crippen molar-refractivity contribution in [2.75, 3.05) is 32.7 Å². The van der Waals surface area contributed by atoms with Crippen LogP contribution in [0, 0.1) is 19.3 Å². The van der Waals surface area contributed by atoms with Crippen molar-refractivity contribution in [1.29, 1.82) is 0 Å². The summed E-state index contributed by atoms with van der Waals surface area (Å²) in [4.78, 5) is 75.8. The van der Waals surface area contributed by atoms with Crippen LogP contribution >= 0.6 is 23.2 Å². The van der Waals surface area contributed by atoms with Crippen molar-refractivity contribution in [3.05, 3.63) is 180 Å². The number of hydrogen-bond donors (Lipinski definition) is 2. The molecule has 3 aromatic heterocycles. The van der Waals surface area contributed by atoms with E-state index in [0.717, 1.165) is 46.9 Å². The minimum absolute atomic E-state index is 0.0493. The van der Waals surface area contributed by atoms with Crippen LogP contribution in [0.25, 0.3) is 11.1 Å². The van der Waals surface area contributed by atoms with Gasteiger partial charge in [-0.2, -0.15) is 5.10 Å². The third-order valence-corrected chi connectivity index (χ3v) is 15.8. The Hall–Kier alpha value is -8.44. The molecule has 460 valence electrons. The van der Waals surface area contributed by atoms with Gasteiger partial charge in [-0.15, -0.1) is 0 Å². The lowest BCUT2D eigenvalue weighted by Crippen LogP contribution is -2.29. The number of carbonyl (C=O) groups is 4. The molecule has 0 atom stereocenters. The number of aryl methyl sites for hydroxylation is 4. The smallest absolute Gasteiger partial charge is 0.356 e. The fourth-order valence-corrected chi connectivity index (χ4v) is 11.1. The van der Waals surface area contributed by atoms with E-state index >= 15 is 0 Å². The fraction of sp³-hybridized carbons (Fsp3) is 0.349. The van der Waals surface area contributed by atoms with E-state index in [1.165, 1.54) is 47.8 Å². The Labute approximate surface area is 514 Å². The van der Waals surface area contributed by atoms with E-state index in [-0.39, 0.29) is 49.3 Å². The van der Waals surface area contributed by atoms with Crippen LogP contribution in [-0.4, -0.2) is 111 Å². The number of rotatable bonds is 13. The Bertz CT molecular complexity index is 3880. The van der Waals surface area contributed by atoms with Gasteiger partial charge in [-0.05, 0) is 101 Å². The molecule has 0 bridgehead atoms. The number of fused-ring (bicyclic) bond motifs is 1. The lowest BCUT2D eigenvalue weighted by molar-refractivity contribution is -0.143. The maximum Gasteiger partial charge on any atom is 0.356 e. The topological polar surface area (TPSA) is 271 Å². The molecule has 7 aromatic rings. The lowest BCUT2D eigenvalue weighted by atomic mass is 9.82. The summed E-state index contributed by atoms with van der Waals surface area (Å²) < 4.78 is 45.4. The molecule has 0 amide bonds. The molecule has 3 aliphatic heterocycles. The molecule has 0 radical (unpaired) electrons. The van der Waals surface area contributed by atoms with E-state index in [4.69, 9.17) is 52.2 Å². The van der Waals surface area contributed by atoms with Crippen LogP contribution in [0.15, 0.2) is 123 Å². The third-order valence-electron chi connectivity index (χ3n) is 14.2. The maximum atomic E-state index is 13.5. The number of ether oxygens (including phenoxy) is 3. The van der Waals surface area contributed by atoms with Gasteiger partial charge in [0.2, 0.25) is 11.8 Å². The summed E-state index contributed by atoms with van der Waals surface area (Å²) in [5.74, 6) is -2.31. The van der Waals surface area contributed by atoms with E-state index in [1.807, 2.05) is 81.4 Å². The minimum atomic E-state index is -3.52. The van der Waals surface area contributed by atoms with E-state index in [1.54, 1.807) is 23.2 Å². The highest BCUT2D eigenvalue weighted by molar-refractivity contribution is 7.90. The number of aromatic nitrogens is 5. The number of hydrogen-bond acceptors (Lipinski definition) is 17. The maximum absolute atomic E-state index is 13.5. The first-order valence-electron chi connectivity index (χ1n) is 27.9. The largest absolute Gasteiger partial charge is 0.493 e. The van der Waals surface area contributed by atoms with Crippen LogP contribution in [0.1, 0.15) is 120 Å². The summed E-state index contributed by atoms with van der Waals surface area (Å²) in [7, 11) is -2.00. The van der Waals surface area contributed by atoms with Crippen LogP contribution in [0.5, 0.6) is 11.8 Å². The van der Waals surface area contributed by atoms with E-state index in [2.05, 4.69) is 53.3 Å². The predicted molar refractivity (Wildman–Crippen MR) is 328 cm³/mol. The van der Waals surface area contributed by atoms with E-state index in [0.29, 0.717) is 86.4 Å². The zero-order chi connectivity index (χ0) is 63.5. The molecule has 0 saturated heterocycles. The lowest BCUT2D eigenvalue weighted by Gasteiger charge is -2.27. The van der Waals surface area contributed by atoms with Crippen molar-refractivity contribution in [1.82, 2.24) is 24.1 Å². The number of halogens is 2. The third kappa shape index (κ3) is 15.0. The van der Waals surface area contributed by atoms with Gasteiger partial charge in [-0.3, -0.25) is 14.4 Å². The van der Waals surface area contributed by atoms with E-state index in [9.17, 15) is 37.5 Å². The number of aromatic carboxylic acids is 1. The highest BCUT2D eigenvalue weighted by Crippen LogP contribution is 2.42. The summed E-state index contributed by atoms with van der Waals surface area (Å²) >= 11 is 10.9. The first kappa shape index (κ1) is 66.1. The second-order valence-corrected chi connectivity index (χ2v) is 24.1. The van der Waals surface area contributed by atoms with Crippen LogP contribution in [0.4, 0.5) is 0 Å². The molecule has 0 fully saturated rings. The summed E-state index contributed by atoms with van der Waals surface area (Å²) in [5, 5.41) is 30.4. The molecule has 0 spiro atoms. The number of esters is 2. The molecule has 4 aromatic carbocycles. The Kier molecular flexibility index (Phi) is 21.6. The molecule has 21 nitrogen and oxygen atoms in total. The standard InChI is InChI=1S/C23H32N2O4.C18H17NO3.C16H17N3O5S.C6H3Cl2NO2/c1-7-16-13-15(3)14-17(8-2)18(16)19-20(26)24-9-11-28-12-10-25(24)21(19)29-22(27)23(4,5)6;1-2-21-17(20)16-13-18(22-19-16,14-9-5-3-6-10-14)15-11-7-4-8-12-15;1-9-10(15(20)11-8-17-19(2)16(11)21)4-5-13(25(3,22)23)14(9)12-6-7-24-18-12;7-3-1-2-4(8)9-5(3)6(10)11/h13-14H,7-12H2,1-6H3;3-12H,2,13H2,1H3;4-5,8,21H,6-7H2,1-3H3;1-2H,(H,10,11). The number of nitrogens with zero attached hydrogens (tertiary/aromatic N) is 7. The Morgan fingerprint density at radius 1 is 0.793 bits per heavy atom. The highest BCUT2D eigenvalue weighted by atomic mass is 35.5. The van der Waals surface area contributed by atoms with E-state index < -0.39 is 38.6 Å². The molecule has 3 aliphatic rings. The van der Waals surface area contributed by atoms with Gasteiger partial charge in [0.05, 0.1) is 66.6 Å². The van der Waals surface area contributed by atoms with Crippen molar-refractivity contribution in [2.24, 2.45) is 22.8 Å². The number of sulfone groups is 1. The summed E-state index contributed by atoms with van der Waals surface area (Å²) in [6.07, 6.45) is 4.79. The first-order chi connectivity index (χ1) is 41.3. The quantitative estimate of drug-likeness (QED) is 0.0617. The SMILES string of the molecule is CCOC(=O)C1=NOC(c2ccccc2)(c2ccccc2)C1.CCc1cc(C)cc(CC)c1-c1c(OC(=O)C(C)(C)C)n2n(c1=O)CCOCC2.Cc1c(C(=O)c2cnn(C)c2O)ccc(S(C)(=O)=O)c1C1=NOCC1.O=C(O)c1nc(Cl)ccc1Cl. The number of benzene rings is 4. The van der Waals surface area contributed by atoms with Gasteiger partial charge in [-0.25, -0.2) is 37.0 Å². The number of oxime groups is 2. The van der Waals surface area contributed by atoms with Crippen molar-refractivity contribution in [2.45, 2.75) is 105 Å². The van der Waals surface area contributed by atoms with Gasteiger partial charge < -0.3 is 34.1 Å². The molecule has 0 aliphatic carbocycles. The molecule has 0 unspecified atom stereocenters. The van der Waals surface area contributed by atoms with Crippen LogP contribution in [0.2, 0.25) is 10.2 Å². The Morgan fingerprint density at radius 3 is 1.91 bits per heavy atom.